The molecule has 1 atom stereocenters. The first-order valence-corrected chi connectivity index (χ1v) is 8.00. The van der Waals surface area contributed by atoms with E-state index in [4.69, 9.17) is 0 Å². The molecule has 0 saturated carbocycles. The van der Waals surface area contributed by atoms with Crippen molar-refractivity contribution in [2.45, 2.75) is 31.2 Å². The SMILES string of the molecule is CC[C@H](NS(=O)(=O)c1cn(C)nc1C)c1ccccc1. The van der Waals surface area contributed by atoms with Crippen LogP contribution in [0.1, 0.15) is 30.6 Å². The Hall–Kier alpha value is -1.66. The van der Waals surface area contributed by atoms with Gasteiger partial charge >= 0.3 is 0 Å². The Morgan fingerprint density at radius 1 is 1.30 bits per heavy atom. The zero-order valence-corrected chi connectivity index (χ0v) is 12.7. The Bertz CT molecular complexity index is 678. The van der Waals surface area contributed by atoms with Gasteiger partial charge in [-0.3, -0.25) is 4.68 Å². The maximum absolute atomic E-state index is 12.4. The average molecular weight is 293 g/mol. The second-order valence-electron chi connectivity index (χ2n) is 4.75. The van der Waals surface area contributed by atoms with Gasteiger partial charge in [0.15, 0.2) is 0 Å². The van der Waals surface area contributed by atoms with Gasteiger partial charge in [-0.2, -0.15) is 5.10 Å². The van der Waals surface area contributed by atoms with Crippen molar-refractivity contribution in [1.29, 1.82) is 0 Å². The molecule has 0 aliphatic heterocycles. The van der Waals surface area contributed by atoms with Crippen molar-refractivity contribution in [2.75, 3.05) is 0 Å². The largest absolute Gasteiger partial charge is 0.274 e. The van der Waals surface area contributed by atoms with Crippen molar-refractivity contribution in [3.8, 4) is 0 Å². The first-order valence-electron chi connectivity index (χ1n) is 6.51. The molecule has 0 spiro atoms. The van der Waals surface area contributed by atoms with E-state index in [0.717, 1.165) is 5.56 Å². The molecule has 5 nitrogen and oxygen atoms in total. The van der Waals surface area contributed by atoms with E-state index in [1.807, 2.05) is 37.3 Å². The van der Waals surface area contributed by atoms with E-state index in [2.05, 4.69) is 9.82 Å². The summed E-state index contributed by atoms with van der Waals surface area (Å²) in [5, 5.41) is 4.08. The summed E-state index contributed by atoms with van der Waals surface area (Å²) < 4.78 is 29.1. The van der Waals surface area contributed by atoms with Crippen LogP contribution in [0.5, 0.6) is 0 Å². The number of rotatable bonds is 5. The summed E-state index contributed by atoms with van der Waals surface area (Å²) >= 11 is 0. The minimum atomic E-state index is -3.56. The van der Waals surface area contributed by atoms with Gasteiger partial charge < -0.3 is 0 Å². The lowest BCUT2D eigenvalue weighted by Crippen LogP contribution is -2.28. The predicted octanol–water partition coefficient (Wildman–Crippen LogP) is 2.16. The fourth-order valence-corrected chi connectivity index (χ4v) is 3.69. The molecule has 1 aromatic carbocycles. The number of sulfonamides is 1. The van der Waals surface area contributed by atoms with Crippen LogP contribution < -0.4 is 4.72 Å². The highest BCUT2D eigenvalue weighted by Crippen LogP contribution is 2.21. The molecule has 2 rings (SSSR count). The van der Waals surface area contributed by atoms with Crippen LogP contribution in [-0.4, -0.2) is 18.2 Å². The van der Waals surface area contributed by atoms with Crippen LogP contribution in [0.4, 0.5) is 0 Å². The van der Waals surface area contributed by atoms with Gasteiger partial charge in [-0.1, -0.05) is 37.3 Å². The number of hydrogen-bond acceptors (Lipinski definition) is 3. The molecule has 0 unspecified atom stereocenters. The highest BCUT2D eigenvalue weighted by atomic mass is 32.2. The highest BCUT2D eigenvalue weighted by molar-refractivity contribution is 7.89. The summed E-state index contributed by atoms with van der Waals surface area (Å²) in [7, 11) is -1.85. The van der Waals surface area contributed by atoms with Gasteiger partial charge in [0.05, 0.1) is 5.69 Å². The normalized spacial score (nSPS) is 13.3. The number of aryl methyl sites for hydroxylation is 2. The minimum absolute atomic E-state index is 0.231. The Labute approximate surface area is 119 Å². The second-order valence-corrected chi connectivity index (χ2v) is 6.43. The smallest absolute Gasteiger partial charge is 0.244 e. The third-order valence-electron chi connectivity index (χ3n) is 3.17. The van der Waals surface area contributed by atoms with Gasteiger partial charge in [0.25, 0.3) is 0 Å². The van der Waals surface area contributed by atoms with Crippen molar-refractivity contribution < 1.29 is 8.42 Å². The zero-order valence-electron chi connectivity index (χ0n) is 11.9. The second kappa shape index (κ2) is 5.76. The lowest BCUT2D eigenvalue weighted by Gasteiger charge is -2.17. The van der Waals surface area contributed by atoms with Crippen LogP contribution in [0.3, 0.4) is 0 Å². The van der Waals surface area contributed by atoms with E-state index >= 15 is 0 Å². The molecule has 1 N–H and O–H groups in total. The molecule has 0 radical (unpaired) electrons. The molecule has 0 amide bonds. The van der Waals surface area contributed by atoms with E-state index in [0.29, 0.717) is 12.1 Å². The number of nitrogens with one attached hydrogen (secondary N) is 1. The number of hydrogen-bond donors (Lipinski definition) is 1. The molecule has 6 heteroatoms. The molecule has 0 fully saturated rings. The van der Waals surface area contributed by atoms with Gasteiger partial charge in [-0.05, 0) is 18.9 Å². The van der Waals surface area contributed by atoms with Crippen molar-refractivity contribution in [3.05, 3.63) is 47.8 Å². The van der Waals surface area contributed by atoms with Crippen LogP contribution in [0, 0.1) is 6.92 Å². The van der Waals surface area contributed by atoms with E-state index < -0.39 is 10.0 Å². The number of aromatic nitrogens is 2. The van der Waals surface area contributed by atoms with Crippen molar-refractivity contribution in [1.82, 2.24) is 14.5 Å². The Balaban J connectivity index is 2.29. The number of nitrogens with zero attached hydrogens (tertiary/aromatic N) is 2. The van der Waals surface area contributed by atoms with Crippen LogP contribution in [0.15, 0.2) is 41.4 Å². The topological polar surface area (TPSA) is 64.0 Å². The summed E-state index contributed by atoms with van der Waals surface area (Å²) in [6.07, 6.45) is 2.21. The van der Waals surface area contributed by atoms with Gasteiger partial charge in [0.2, 0.25) is 10.0 Å². The summed E-state index contributed by atoms with van der Waals surface area (Å²) in [6, 6.07) is 9.33. The molecule has 108 valence electrons. The standard InChI is InChI=1S/C14H19N3O2S/c1-4-13(12-8-6-5-7-9-12)16-20(18,19)14-10-17(3)15-11(14)2/h5-10,13,16H,4H2,1-3H3/t13-/m0/s1. The van der Waals surface area contributed by atoms with Crippen molar-refractivity contribution in [2.24, 2.45) is 7.05 Å². The molecule has 1 heterocycles. The fraction of sp³-hybridized carbons (Fsp3) is 0.357. The molecular weight excluding hydrogens is 274 g/mol. The Morgan fingerprint density at radius 3 is 2.45 bits per heavy atom. The summed E-state index contributed by atoms with van der Waals surface area (Å²) in [5.74, 6) is 0. The summed E-state index contributed by atoms with van der Waals surface area (Å²) in [5.41, 5.74) is 1.46. The summed E-state index contributed by atoms with van der Waals surface area (Å²) in [4.78, 5) is 0.231. The van der Waals surface area contributed by atoms with Crippen LogP contribution in [0.2, 0.25) is 0 Å². The Morgan fingerprint density at radius 2 is 1.95 bits per heavy atom. The molecule has 0 bridgehead atoms. The monoisotopic (exact) mass is 293 g/mol. The first-order chi connectivity index (χ1) is 9.44. The molecule has 20 heavy (non-hydrogen) atoms. The van der Waals surface area contributed by atoms with Gasteiger partial charge in [0.1, 0.15) is 4.90 Å². The molecule has 1 aromatic heterocycles. The van der Waals surface area contributed by atoms with Crippen LogP contribution in [0.25, 0.3) is 0 Å². The molecule has 2 aromatic rings. The fourth-order valence-electron chi connectivity index (χ4n) is 2.16. The zero-order chi connectivity index (χ0) is 14.8. The quantitative estimate of drug-likeness (QED) is 0.918. The summed E-state index contributed by atoms with van der Waals surface area (Å²) in [6.45, 7) is 3.65. The molecule has 0 aliphatic rings. The minimum Gasteiger partial charge on any atom is -0.274 e. The Kier molecular flexibility index (Phi) is 4.25. The lowest BCUT2D eigenvalue weighted by molar-refractivity contribution is 0.549. The van der Waals surface area contributed by atoms with Gasteiger partial charge in [0, 0.05) is 19.3 Å². The third kappa shape index (κ3) is 3.08. The molecule has 0 saturated heterocycles. The molecule has 0 aliphatic carbocycles. The molecular formula is C14H19N3O2S. The van der Waals surface area contributed by atoms with Gasteiger partial charge in [-0.15, -0.1) is 0 Å². The van der Waals surface area contributed by atoms with Crippen molar-refractivity contribution >= 4 is 10.0 Å². The average Bonchev–Trinajstić information content (AvgIpc) is 2.77. The third-order valence-corrected chi connectivity index (χ3v) is 4.74. The maximum Gasteiger partial charge on any atom is 0.244 e. The van der Waals surface area contributed by atoms with E-state index in [9.17, 15) is 8.42 Å². The van der Waals surface area contributed by atoms with E-state index in [1.165, 1.54) is 10.9 Å². The van der Waals surface area contributed by atoms with Gasteiger partial charge in [-0.25, -0.2) is 13.1 Å². The van der Waals surface area contributed by atoms with Crippen LogP contribution in [-0.2, 0) is 17.1 Å². The first kappa shape index (κ1) is 14.7. The van der Waals surface area contributed by atoms with E-state index in [1.54, 1.807) is 14.0 Å². The maximum atomic E-state index is 12.4. The highest BCUT2D eigenvalue weighted by Gasteiger charge is 2.23. The van der Waals surface area contributed by atoms with Crippen LogP contribution >= 0.6 is 0 Å². The van der Waals surface area contributed by atoms with E-state index in [-0.39, 0.29) is 10.9 Å². The predicted molar refractivity (Wildman–Crippen MR) is 77.7 cm³/mol. The number of benzene rings is 1. The lowest BCUT2D eigenvalue weighted by atomic mass is 10.1. The van der Waals surface area contributed by atoms with Crippen molar-refractivity contribution in [3.63, 3.8) is 0 Å².